The molecule has 1 aromatic heterocycles. The molecule has 2 aromatic rings. The molecule has 1 aliphatic rings. The number of aryl methyl sites for hydroxylation is 2. The number of amides is 2. The van der Waals surface area contributed by atoms with Gasteiger partial charge in [0.05, 0.1) is 17.8 Å². The zero-order valence-corrected chi connectivity index (χ0v) is 15.2. The maximum Gasteiger partial charge on any atom is 0.244 e. The van der Waals surface area contributed by atoms with E-state index in [2.05, 4.69) is 37.1 Å². The number of hydrogen-bond donors (Lipinski definition) is 0. The van der Waals surface area contributed by atoms with E-state index in [0.29, 0.717) is 24.7 Å². The van der Waals surface area contributed by atoms with Gasteiger partial charge in [0, 0.05) is 25.8 Å². The van der Waals surface area contributed by atoms with E-state index in [1.54, 1.807) is 11.1 Å². The van der Waals surface area contributed by atoms with Gasteiger partial charge < -0.3 is 9.80 Å². The number of rotatable bonds is 4. The van der Waals surface area contributed by atoms with Crippen LogP contribution in [-0.2, 0) is 22.7 Å². The summed E-state index contributed by atoms with van der Waals surface area (Å²) in [4.78, 5) is 28.1. The van der Waals surface area contributed by atoms with Crippen molar-refractivity contribution < 1.29 is 9.59 Å². The van der Waals surface area contributed by atoms with E-state index in [1.807, 2.05) is 4.90 Å². The number of carbonyl (C=O) groups is 2. The minimum absolute atomic E-state index is 0.0303. The number of halogens is 1. The number of hydrogen-bond acceptors (Lipinski definition) is 3. The summed E-state index contributed by atoms with van der Waals surface area (Å²) in [5, 5.41) is 4.49. The van der Waals surface area contributed by atoms with Crippen LogP contribution in [0.1, 0.15) is 16.7 Å². The third-order valence-corrected chi connectivity index (χ3v) is 4.42. The Hall–Kier alpha value is -2.34. The zero-order chi connectivity index (χ0) is 18.0. The van der Waals surface area contributed by atoms with Gasteiger partial charge in [-0.2, -0.15) is 5.10 Å². The third-order valence-electron chi connectivity index (χ3n) is 4.23. The summed E-state index contributed by atoms with van der Waals surface area (Å²) in [7, 11) is 0. The SMILES string of the molecule is Cc1cc(C)cc(CN2CCN(C(=O)Cn3cc(Cl)cn3)CC2=O)c1. The van der Waals surface area contributed by atoms with Crippen molar-refractivity contribution in [1.82, 2.24) is 19.6 Å². The molecular formula is C18H21ClN4O2. The molecule has 0 radical (unpaired) electrons. The lowest BCUT2D eigenvalue weighted by Crippen LogP contribution is -2.52. The van der Waals surface area contributed by atoms with Crippen molar-refractivity contribution >= 4 is 23.4 Å². The Bertz CT molecular complexity index is 782. The van der Waals surface area contributed by atoms with Crippen LogP contribution in [0.3, 0.4) is 0 Å². The second kappa shape index (κ2) is 7.27. The summed E-state index contributed by atoms with van der Waals surface area (Å²) in [6, 6.07) is 6.31. The van der Waals surface area contributed by atoms with Crippen molar-refractivity contribution in [2.75, 3.05) is 19.6 Å². The van der Waals surface area contributed by atoms with Crippen molar-refractivity contribution in [2.45, 2.75) is 26.9 Å². The highest BCUT2D eigenvalue weighted by atomic mass is 35.5. The van der Waals surface area contributed by atoms with Gasteiger partial charge in [0.15, 0.2) is 0 Å². The maximum atomic E-state index is 12.4. The van der Waals surface area contributed by atoms with Gasteiger partial charge in [-0.15, -0.1) is 0 Å². The molecule has 0 atom stereocenters. The molecule has 1 fully saturated rings. The van der Waals surface area contributed by atoms with E-state index in [0.717, 1.165) is 5.56 Å². The highest BCUT2D eigenvalue weighted by molar-refractivity contribution is 6.30. The Labute approximate surface area is 152 Å². The van der Waals surface area contributed by atoms with Gasteiger partial charge in [0.1, 0.15) is 6.54 Å². The largest absolute Gasteiger partial charge is 0.335 e. The topological polar surface area (TPSA) is 58.4 Å². The van der Waals surface area contributed by atoms with Crippen LogP contribution in [0.4, 0.5) is 0 Å². The Balaban J connectivity index is 1.58. The van der Waals surface area contributed by atoms with E-state index >= 15 is 0 Å². The minimum Gasteiger partial charge on any atom is -0.335 e. The van der Waals surface area contributed by atoms with Crippen LogP contribution in [-0.4, -0.2) is 51.0 Å². The zero-order valence-electron chi connectivity index (χ0n) is 14.4. The number of nitrogens with zero attached hydrogens (tertiary/aromatic N) is 4. The number of piperazine rings is 1. The Morgan fingerprint density at radius 1 is 1.20 bits per heavy atom. The normalized spacial score (nSPS) is 14.9. The first-order valence-corrected chi connectivity index (χ1v) is 8.59. The molecule has 6 nitrogen and oxygen atoms in total. The molecule has 7 heteroatoms. The predicted molar refractivity (Wildman–Crippen MR) is 95.2 cm³/mol. The van der Waals surface area contributed by atoms with Crippen LogP contribution >= 0.6 is 11.6 Å². The molecule has 0 unspecified atom stereocenters. The smallest absolute Gasteiger partial charge is 0.244 e. The Morgan fingerprint density at radius 3 is 2.52 bits per heavy atom. The highest BCUT2D eigenvalue weighted by Gasteiger charge is 2.27. The van der Waals surface area contributed by atoms with E-state index in [1.165, 1.54) is 22.0 Å². The Morgan fingerprint density at radius 2 is 1.92 bits per heavy atom. The third kappa shape index (κ3) is 4.39. The number of carbonyl (C=O) groups excluding carboxylic acids is 2. The molecule has 25 heavy (non-hydrogen) atoms. The van der Waals surface area contributed by atoms with E-state index in [9.17, 15) is 9.59 Å². The fraction of sp³-hybridized carbons (Fsp3) is 0.389. The van der Waals surface area contributed by atoms with Crippen LogP contribution in [0.5, 0.6) is 0 Å². The summed E-state index contributed by atoms with van der Waals surface area (Å²) in [5.74, 6) is -0.156. The molecule has 1 aromatic carbocycles. The van der Waals surface area contributed by atoms with E-state index in [-0.39, 0.29) is 24.9 Å². The number of benzene rings is 1. The summed E-state index contributed by atoms with van der Waals surface area (Å²) < 4.78 is 1.48. The molecule has 132 valence electrons. The molecule has 0 aliphatic carbocycles. The molecule has 0 spiro atoms. The van der Waals surface area contributed by atoms with Crippen LogP contribution in [0.15, 0.2) is 30.6 Å². The average Bonchev–Trinajstić information content (AvgIpc) is 2.93. The van der Waals surface area contributed by atoms with Gasteiger partial charge in [-0.1, -0.05) is 40.9 Å². The monoisotopic (exact) mass is 360 g/mol. The van der Waals surface area contributed by atoms with Gasteiger partial charge in [0.25, 0.3) is 0 Å². The summed E-state index contributed by atoms with van der Waals surface area (Å²) in [5.41, 5.74) is 3.50. The fourth-order valence-corrected chi connectivity index (χ4v) is 3.29. The molecular weight excluding hydrogens is 340 g/mol. The molecule has 2 amide bonds. The van der Waals surface area contributed by atoms with Crippen molar-refractivity contribution in [1.29, 1.82) is 0 Å². The second-order valence-electron chi connectivity index (χ2n) is 6.48. The fourth-order valence-electron chi connectivity index (χ4n) is 3.13. The van der Waals surface area contributed by atoms with E-state index < -0.39 is 0 Å². The van der Waals surface area contributed by atoms with E-state index in [4.69, 9.17) is 11.6 Å². The van der Waals surface area contributed by atoms with Crippen LogP contribution in [0.25, 0.3) is 0 Å². The maximum absolute atomic E-state index is 12.4. The van der Waals surface area contributed by atoms with Gasteiger partial charge in [-0.05, 0) is 19.4 Å². The number of aromatic nitrogens is 2. The first-order chi connectivity index (χ1) is 11.9. The minimum atomic E-state index is -0.126. The van der Waals surface area contributed by atoms with Gasteiger partial charge in [0.2, 0.25) is 11.8 Å². The summed E-state index contributed by atoms with van der Waals surface area (Å²) in [6.07, 6.45) is 3.08. The second-order valence-corrected chi connectivity index (χ2v) is 6.92. The van der Waals surface area contributed by atoms with Gasteiger partial charge in [-0.25, -0.2) is 0 Å². The Kier molecular flexibility index (Phi) is 5.08. The van der Waals surface area contributed by atoms with Crippen LogP contribution in [0, 0.1) is 13.8 Å². The highest BCUT2D eigenvalue weighted by Crippen LogP contribution is 2.14. The van der Waals surface area contributed by atoms with Gasteiger partial charge >= 0.3 is 0 Å². The van der Waals surface area contributed by atoms with Crippen LogP contribution < -0.4 is 0 Å². The lowest BCUT2D eigenvalue weighted by atomic mass is 10.1. The first-order valence-electron chi connectivity index (χ1n) is 8.21. The van der Waals surface area contributed by atoms with Gasteiger partial charge in [-0.3, -0.25) is 14.3 Å². The predicted octanol–water partition coefficient (Wildman–Crippen LogP) is 2.02. The molecule has 0 N–H and O–H groups in total. The summed E-state index contributed by atoms with van der Waals surface area (Å²) >= 11 is 5.80. The molecule has 1 saturated heterocycles. The van der Waals surface area contributed by atoms with Crippen molar-refractivity contribution in [3.63, 3.8) is 0 Å². The summed E-state index contributed by atoms with van der Waals surface area (Å²) in [6.45, 7) is 5.96. The lowest BCUT2D eigenvalue weighted by molar-refractivity contribution is -0.146. The molecule has 2 heterocycles. The van der Waals surface area contributed by atoms with Crippen LogP contribution in [0.2, 0.25) is 5.02 Å². The quantitative estimate of drug-likeness (QED) is 0.838. The van der Waals surface area contributed by atoms with Crippen molar-refractivity contribution in [2.24, 2.45) is 0 Å². The standard InChI is InChI=1S/C18H21ClN4O2/c1-13-5-14(2)7-15(6-13)9-21-3-4-22(11-17(21)24)18(25)12-23-10-16(19)8-20-23/h5-8,10H,3-4,9,11-12H2,1-2H3. The van der Waals surface area contributed by atoms with Crippen molar-refractivity contribution in [3.8, 4) is 0 Å². The average molecular weight is 361 g/mol. The first kappa shape index (κ1) is 17.5. The molecule has 1 aliphatic heterocycles. The molecule has 0 saturated carbocycles. The van der Waals surface area contributed by atoms with Crippen molar-refractivity contribution in [3.05, 3.63) is 52.3 Å². The molecule has 3 rings (SSSR count). The lowest BCUT2D eigenvalue weighted by Gasteiger charge is -2.34. The molecule has 0 bridgehead atoms.